The molecule has 25 heavy (non-hydrogen) atoms. The first-order chi connectivity index (χ1) is 11.8. The SMILES string of the molecule is CCOC(=O)CCN(CCNC(C)=O)C(=O)c1ccc(F)c(F)c1F. The van der Waals surface area contributed by atoms with E-state index < -0.39 is 34.9 Å². The van der Waals surface area contributed by atoms with Crippen molar-refractivity contribution >= 4 is 17.8 Å². The monoisotopic (exact) mass is 360 g/mol. The smallest absolute Gasteiger partial charge is 0.307 e. The van der Waals surface area contributed by atoms with Crippen molar-refractivity contribution in [3.05, 3.63) is 35.1 Å². The summed E-state index contributed by atoms with van der Waals surface area (Å²) in [6.45, 7) is 2.94. The fourth-order valence-electron chi connectivity index (χ4n) is 2.00. The molecule has 0 unspecified atom stereocenters. The number of nitrogens with one attached hydrogen (secondary N) is 1. The van der Waals surface area contributed by atoms with Gasteiger partial charge in [-0.2, -0.15) is 0 Å². The van der Waals surface area contributed by atoms with E-state index in [0.29, 0.717) is 6.07 Å². The normalized spacial score (nSPS) is 10.3. The highest BCUT2D eigenvalue weighted by Crippen LogP contribution is 2.17. The van der Waals surface area contributed by atoms with Crippen LogP contribution in [-0.2, 0) is 14.3 Å². The predicted octanol–water partition coefficient (Wildman–Crippen LogP) is 1.64. The summed E-state index contributed by atoms with van der Waals surface area (Å²) in [5, 5.41) is 2.45. The van der Waals surface area contributed by atoms with Gasteiger partial charge in [-0.15, -0.1) is 0 Å². The zero-order valence-electron chi connectivity index (χ0n) is 13.9. The molecule has 0 heterocycles. The molecule has 0 fully saturated rings. The quantitative estimate of drug-likeness (QED) is 0.565. The summed E-state index contributed by atoms with van der Waals surface area (Å²) in [6, 6.07) is 1.47. The molecule has 1 rings (SSSR count). The first kappa shape index (κ1) is 20.5. The van der Waals surface area contributed by atoms with Gasteiger partial charge < -0.3 is 15.0 Å². The van der Waals surface area contributed by atoms with E-state index in [1.165, 1.54) is 6.92 Å². The highest BCUT2D eigenvalue weighted by molar-refractivity contribution is 5.94. The summed E-state index contributed by atoms with van der Waals surface area (Å²) in [5.41, 5.74) is -0.661. The lowest BCUT2D eigenvalue weighted by Gasteiger charge is -2.23. The number of esters is 1. The largest absolute Gasteiger partial charge is 0.466 e. The number of benzene rings is 1. The maximum absolute atomic E-state index is 13.8. The van der Waals surface area contributed by atoms with Crippen LogP contribution in [0.2, 0.25) is 0 Å². The Kier molecular flexibility index (Phi) is 7.90. The molecule has 1 aromatic carbocycles. The highest BCUT2D eigenvalue weighted by Gasteiger charge is 2.24. The van der Waals surface area contributed by atoms with Gasteiger partial charge in [-0.25, -0.2) is 13.2 Å². The van der Waals surface area contributed by atoms with Crippen LogP contribution >= 0.6 is 0 Å². The Morgan fingerprint density at radius 3 is 2.40 bits per heavy atom. The van der Waals surface area contributed by atoms with Crippen molar-refractivity contribution in [3.63, 3.8) is 0 Å². The van der Waals surface area contributed by atoms with E-state index in [1.54, 1.807) is 6.92 Å². The minimum Gasteiger partial charge on any atom is -0.466 e. The van der Waals surface area contributed by atoms with Crippen LogP contribution in [0.5, 0.6) is 0 Å². The molecule has 0 radical (unpaired) electrons. The van der Waals surface area contributed by atoms with Gasteiger partial charge in [0, 0.05) is 26.6 Å². The highest BCUT2D eigenvalue weighted by atomic mass is 19.2. The fraction of sp³-hybridized carbons (Fsp3) is 0.438. The second-order valence-electron chi connectivity index (χ2n) is 5.05. The van der Waals surface area contributed by atoms with E-state index in [2.05, 4.69) is 5.32 Å². The molecule has 1 N–H and O–H groups in total. The maximum atomic E-state index is 13.8. The Morgan fingerprint density at radius 1 is 1.12 bits per heavy atom. The van der Waals surface area contributed by atoms with E-state index in [4.69, 9.17) is 4.74 Å². The van der Waals surface area contributed by atoms with Crippen LogP contribution in [0.25, 0.3) is 0 Å². The van der Waals surface area contributed by atoms with Crippen LogP contribution in [0.4, 0.5) is 13.2 Å². The minimum atomic E-state index is -1.75. The van der Waals surface area contributed by atoms with Gasteiger partial charge in [0.1, 0.15) is 0 Å². The van der Waals surface area contributed by atoms with Gasteiger partial charge >= 0.3 is 5.97 Å². The maximum Gasteiger partial charge on any atom is 0.307 e. The van der Waals surface area contributed by atoms with E-state index >= 15 is 0 Å². The van der Waals surface area contributed by atoms with Crippen molar-refractivity contribution < 1.29 is 32.3 Å². The molecule has 0 aliphatic rings. The molecule has 0 aromatic heterocycles. The summed E-state index contributed by atoms with van der Waals surface area (Å²) in [5.74, 6) is -6.59. The predicted molar refractivity (Wildman–Crippen MR) is 82.2 cm³/mol. The van der Waals surface area contributed by atoms with Crippen molar-refractivity contribution in [1.82, 2.24) is 10.2 Å². The summed E-state index contributed by atoms with van der Waals surface area (Å²) < 4.78 is 44.9. The van der Waals surface area contributed by atoms with Crippen molar-refractivity contribution in [2.75, 3.05) is 26.2 Å². The Hall–Kier alpha value is -2.58. The molecular formula is C16H19F3N2O4. The number of halogens is 3. The summed E-state index contributed by atoms with van der Waals surface area (Å²) in [6.07, 6.45) is -0.162. The Bertz CT molecular complexity index is 653. The van der Waals surface area contributed by atoms with Crippen LogP contribution in [0.3, 0.4) is 0 Å². The lowest BCUT2D eigenvalue weighted by molar-refractivity contribution is -0.143. The average Bonchev–Trinajstić information content (AvgIpc) is 2.55. The van der Waals surface area contributed by atoms with Crippen molar-refractivity contribution in [2.24, 2.45) is 0 Å². The zero-order chi connectivity index (χ0) is 19.0. The number of carbonyl (C=O) groups excluding carboxylic acids is 3. The summed E-state index contributed by atoms with van der Waals surface area (Å²) >= 11 is 0. The second-order valence-corrected chi connectivity index (χ2v) is 5.05. The molecule has 0 bridgehead atoms. The molecule has 9 heteroatoms. The van der Waals surface area contributed by atoms with Crippen LogP contribution < -0.4 is 5.32 Å². The molecule has 0 atom stereocenters. The topological polar surface area (TPSA) is 75.7 Å². The molecule has 6 nitrogen and oxygen atoms in total. The summed E-state index contributed by atoms with van der Waals surface area (Å²) in [4.78, 5) is 35.8. The standard InChI is InChI=1S/C16H19F3N2O4/c1-3-25-13(23)6-8-21(9-7-20-10(2)22)16(24)11-4-5-12(17)15(19)14(11)18/h4-5H,3,6-9H2,1-2H3,(H,20,22). The molecule has 0 aliphatic carbocycles. The number of amides is 2. The lowest BCUT2D eigenvalue weighted by atomic mass is 10.1. The molecule has 0 spiro atoms. The van der Waals surface area contributed by atoms with Crippen LogP contribution in [-0.4, -0.2) is 48.9 Å². The van der Waals surface area contributed by atoms with E-state index in [0.717, 1.165) is 11.0 Å². The average molecular weight is 360 g/mol. The number of rotatable bonds is 8. The number of carbonyl (C=O) groups is 3. The van der Waals surface area contributed by atoms with Gasteiger partial charge in [-0.3, -0.25) is 14.4 Å². The van der Waals surface area contributed by atoms with Gasteiger partial charge in [0.2, 0.25) is 5.91 Å². The Morgan fingerprint density at radius 2 is 1.80 bits per heavy atom. The number of nitrogens with zero attached hydrogens (tertiary/aromatic N) is 1. The molecule has 138 valence electrons. The van der Waals surface area contributed by atoms with Gasteiger partial charge in [-0.05, 0) is 19.1 Å². The molecular weight excluding hydrogens is 341 g/mol. The third-order valence-corrected chi connectivity index (χ3v) is 3.20. The lowest BCUT2D eigenvalue weighted by Crippen LogP contribution is -2.39. The van der Waals surface area contributed by atoms with Gasteiger partial charge in [-0.1, -0.05) is 0 Å². The first-order valence-electron chi connectivity index (χ1n) is 7.60. The Labute approximate surface area is 142 Å². The third kappa shape index (κ3) is 6.09. The van der Waals surface area contributed by atoms with Crippen molar-refractivity contribution in [3.8, 4) is 0 Å². The molecule has 0 saturated heterocycles. The molecule has 2 amide bonds. The van der Waals surface area contributed by atoms with Gasteiger partial charge in [0.05, 0.1) is 18.6 Å². The van der Waals surface area contributed by atoms with E-state index in [9.17, 15) is 27.6 Å². The molecule has 0 saturated carbocycles. The number of hydrogen-bond donors (Lipinski definition) is 1. The Balaban J connectivity index is 2.92. The zero-order valence-corrected chi connectivity index (χ0v) is 13.9. The fourth-order valence-corrected chi connectivity index (χ4v) is 2.00. The van der Waals surface area contributed by atoms with Gasteiger partial charge in [0.25, 0.3) is 5.91 Å². The van der Waals surface area contributed by atoms with Crippen LogP contribution in [0, 0.1) is 17.5 Å². The molecule has 0 aliphatic heterocycles. The number of ether oxygens (including phenoxy) is 1. The first-order valence-corrected chi connectivity index (χ1v) is 7.60. The van der Waals surface area contributed by atoms with Crippen molar-refractivity contribution in [2.45, 2.75) is 20.3 Å². The molecule has 1 aromatic rings. The van der Waals surface area contributed by atoms with Crippen LogP contribution in [0.15, 0.2) is 12.1 Å². The van der Waals surface area contributed by atoms with Crippen LogP contribution in [0.1, 0.15) is 30.6 Å². The minimum absolute atomic E-state index is 0.0454. The van der Waals surface area contributed by atoms with Gasteiger partial charge in [0.15, 0.2) is 17.5 Å². The van der Waals surface area contributed by atoms with Crippen molar-refractivity contribution in [1.29, 1.82) is 0 Å². The van der Waals surface area contributed by atoms with E-state index in [1.807, 2.05) is 0 Å². The summed E-state index contributed by atoms with van der Waals surface area (Å²) in [7, 11) is 0. The van der Waals surface area contributed by atoms with E-state index in [-0.39, 0.29) is 38.6 Å². The second kappa shape index (κ2) is 9.65. The third-order valence-electron chi connectivity index (χ3n) is 3.20. The number of hydrogen-bond acceptors (Lipinski definition) is 4.